The van der Waals surface area contributed by atoms with Crippen LogP contribution in [0.1, 0.15) is 18.4 Å². The molecule has 5 nitrogen and oxygen atoms in total. The molecule has 0 saturated carbocycles. The van der Waals surface area contributed by atoms with Crippen LogP contribution in [0.5, 0.6) is 5.75 Å². The molecule has 2 aromatic rings. The van der Waals surface area contributed by atoms with Crippen LogP contribution in [0.4, 0.5) is 4.39 Å². The number of carbonyl (C=O) groups excluding carboxylic acids is 1. The Kier molecular flexibility index (Phi) is 7.15. The number of amides is 1. The van der Waals surface area contributed by atoms with Gasteiger partial charge in [0.2, 0.25) is 5.91 Å². The molecule has 0 aliphatic carbocycles. The Hall–Kier alpha value is -2.41. The van der Waals surface area contributed by atoms with Gasteiger partial charge in [-0.1, -0.05) is 12.1 Å². The fraction of sp³-hybridized carbons (Fsp3) is 0.316. The number of rotatable bonds is 9. The molecule has 0 unspecified atom stereocenters. The molecule has 0 saturated heterocycles. The van der Waals surface area contributed by atoms with E-state index < -0.39 is 9.84 Å². The van der Waals surface area contributed by atoms with Gasteiger partial charge in [0, 0.05) is 19.2 Å². The van der Waals surface area contributed by atoms with Crippen molar-refractivity contribution in [1.29, 1.82) is 0 Å². The molecule has 26 heavy (non-hydrogen) atoms. The van der Waals surface area contributed by atoms with Crippen molar-refractivity contribution in [3.63, 3.8) is 0 Å². The van der Waals surface area contributed by atoms with Gasteiger partial charge in [-0.05, 0) is 54.8 Å². The second kappa shape index (κ2) is 9.33. The third-order valence-corrected chi connectivity index (χ3v) is 4.82. The molecule has 0 aliphatic rings. The second-order valence-corrected chi connectivity index (χ2v) is 7.94. The largest absolute Gasteiger partial charge is 0.494 e. The van der Waals surface area contributed by atoms with E-state index in [1.54, 1.807) is 18.2 Å². The first-order chi connectivity index (χ1) is 12.3. The van der Waals surface area contributed by atoms with E-state index in [4.69, 9.17) is 4.74 Å². The molecule has 0 radical (unpaired) electrons. The van der Waals surface area contributed by atoms with Crippen LogP contribution in [0.25, 0.3) is 0 Å². The lowest BCUT2D eigenvalue weighted by molar-refractivity contribution is -0.121. The first-order valence-electron chi connectivity index (χ1n) is 8.29. The number of benzene rings is 2. The summed E-state index contributed by atoms with van der Waals surface area (Å²) in [4.78, 5) is 12.0. The molecular formula is C19H22FNO4S. The molecule has 0 fully saturated rings. The van der Waals surface area contributed by atoms with Crippen LogP contribution in [-0.2, 0) is 21.1 Å². The van der Waals surface area contributed by atoms with E-state index in [9.17, 15) is 17.6 Å². The summed E-state index contributed by atoms with van der Waals surface area (Å²) in [5.74, 6) is 0.192. The van der Waals surface area contributed by atoms with Gasteiger partial charge in [0.1, 0.15) is 11.6 Å². The maximum Gasteiger partial charge on any atom is 0.220 e. The molecule has 7 heteroatoms. The van der Waals surface area contributed by atoms with Crippen molar-refractivity contribution >= 4 is 15.7 Å². The Morgan fingerprint density at radius 1 is 1.15 bits per heavy atom. The summed E-state index contributed by atoms with van der Waals surface area (Å²) >= 11 is 0. The van der Waals surface area contributed by atoms with Gasteiger partial charge in [-0.15, -0.1) is 0 Å². The van der Waals surface area contributed by atoms with Gasteiger partial charge < -0.3 is 10.1 Å². The lowest BCUT2D eigenvalue weighted by atomic mass is 10.1. The summed E-state index contributed by atoms with van der Waals surface area (Å²) in [6.45, 7) is 0.811. The summed E-state index contributed by atoms with van der Waals surface area (Å²) in [6.07, 6.45) is 2.59. The van der Waals surface area contributed by atoms with E-state index in [1.807, 2.05) is 6.07 Å². The topological polar surface area (TPSA) is 72.5 Å². The van der Waals surface area contributed by atoms with Crippen LogP contribution in [0, 0.1) is 5.82 Å². The van der Waals surface area contributed by atoms with Crippen molar-refractivity contribution < 1.29 is 22.3 Å². The van der Waals surface area contributed by atoms with Gasteiger partial charge >= 0.3 is 0 Å². The minimum atomic E-state index is -3.22. The van der Waals surface area contributed by atoms with Crippen molar-refractivity contribution in [3.8, 4) is 5.75 Å². The van der Waals surface area contributed by atoms with E-state index in [2.05, 4.69) is 5.32 Å². The van der Waals surface area contributed by atoms with Crippen molar-refractivity contribution in [2.45, 2.75) is 24.2 Å². The number of hydrogen-bond donors (Lipinski definition) is 1. The molecule has 0 aromatic heterocycles. The second-order valence-electron chi connectivity index (χ2n) is 5.93. The van der Waals surface area contributed by atoms with Gasteiger partial charge in [-0.3, -0.25) is 4.79 Å². The summed E-state index contributed by atoms with van der Waals surface area (Å²) in [5.41, 5.74) is 0.839. The Balaban J connectivity index is 1.62. The first kappa shape index (κ1) is 19.9. The van der Waals surface area contributed by atoms with Crippen LogP contribution in [0.2, 0.25) is 0 Å². The smallest absolute Gasteiger partial charge is 0.220 e. The lowest BCUT2D eigenvalue weighted by Crippen LogP contribution is -2.25. The van der Waals surface area contributed by atoms with Crippen molar-refractivity contribution in [1.82, 2.24) is 5.32 Å². The fourth-order valence-electron chi connectivity index (χ4n) is 2.33. The van der Waals surface area contributed by atoms with E-state index in [-0.39, 0.29) is 16.6 Å². The quantitative estimate of drug-likeness (QED) is 0.680. The molecule has 0 heterocycles. The maximum absolute atomic E-state index is 13.0. The Morgan fingerprint density at radius 3 is 2.54 bits per heavy atom. The van der Waals surface area contributed by atoms with E-state index in [0.717, 1.165) is 11.8 Å². The van der Waals surface area contributed by atoms with Crippen molar-refractivity contribution in [2.24, 2.45) is 0 Å². The molecule has 0 bridgehead atoms. The zero-order chi connectivity index (χ0) is 19.0. The predicted molar refractivity (Wildman–Crippen MR) is 97.4 cm³/mol. The number of ether oxygens (including phenoxy) is 1. The minimum absolute atomic E-state index is 0.0857. The van der Waals surface area contributed by atoms with Crippen LogP contribution >= 0.6 is 0 Å². The summed E-state index contributed by atoms with van der Waals surface area (Å²) in [5, 5.41) is 2.79. The molecule has 1 amide bonds. The Labute approximate surface area is 153 Å². The third-order valence-electron chi connectivity index (χ3n) is 3.69. The van der Waals surface area contributed by atoms with E-state index in [0.29, 0.717) is 38.2 Å². The highest BCUT2D eigenvalue weighted by molar-refractivity contribution is 7.90. The number of hydrogen-bond acceptors (Lipinski definition) is 4. The highest BCUT2D eigenvalue weighted by Crippen LogP contribution is 2.16. The molecular weight excluding hydrogens is 357 g/mol. The van der Waals surface area contributed by atoms with Crippen LogP contribution < -0.4 is 10.1 Å². The van der Waals surface area contributed by atoms with Gasteiger partial charge in [-0.2, -0.15) is 0 Å². The van der Waals surface area contributed by atoms with Crippen molar-refractivity contribution in [2.75, 3.05) is 19.4 Å². The standard InChI is InChI=1S/C19H22FNO4S/c1-26(23,24)18-9-7-17(8-10-18)25-13-3-6-19(22)21-12-11-15-4-2-5-16(20)14-15/h2,4-5,7-10,14H,3,6,11-13H2,1H3,(H,21,22). The van der Waals surface area contributed by atoms with Gasteiger partial charge in [0.15, 0.2) is 9.84 Å². The summed E-state index contributed by atoms with van der Waals surface area (Å²) in [6, 6.07) is 12.5. The number of carbonyl (C=O) groups is 1. The van der Waals surface area contributed by atoms with Crippen LogP contribution in [-0.4, -0.2) is 33.7 Å². The molecule has 0 spiro atoms. The van der Waals surface area contributed by atoms with Crippen LogP contribution in [0.15, 0.2) is 53.4 Å². The minimum Gasteiger partial charge on any atom is -0.494 e. The molecule has 2 rings (SSSR count). The van der Waals surface area contributed by atoms with Crippen LogP contribution in [0.3, 0.4) is 0 Å². The normalized spacial score (nSPS) is 11.2. The van der Waals surface area contributed by atoms with Gasteiger partial charge in [0.25, 0.3) is 0 Å². The zero-order valence-corrected chi connectivity index (χ0v) is 15.4. The summed E-state index contributed by atoms with van der Waals surface area (Å²) in [7, 11) is -3.22. The van der Waals surface area contributed by atoms with Gasteiger partial charge in [0.05, 0.1) is 11.5 Å². The van der Waals surface area contributed by atoms with Gasteiger partial charge in [-0.25, -0.2) is 12.8 Å². The molecule has 140 valence electrons. The van der Waals surface area contributed by atoms with E-state index >= 15 is 0 Å². The molecule has 2 aromatic carbocycles. The van der Waals surface area contributed by atoms with E-state index in [1.165, 1.54) is 24.3 Å². The molecule has 1 N–H and O–H groups in total. The average molecular weight is 379 g/mol. The lowest BCUT2D eigenvalue weighted by Gasteiger charge is -2.08. The monoisotopic (exact) mass is 379 g/mol. The average Bonchev–Trinajstić information content (AvgIpc) is 2.58. The van der Waals surface area contributed by atoms with Crippen molar-refractivity contribution in [3.05, 3.63) is 59.9 Å². The SMILES string of the molecule is CS(=O)(=O)c1ccc(OCCCC(=O)NCCc2cccc(F)c2)cc1. The Morgan fingerprint density at radius 2 is 1.88 bits per heavy atom. The molecule has 0 aliphatic heterocycles. The zero-order valence-electron chi connectivity index (χ0n) is 14.6. The predicted octanol–water partition coefficient (Wildman–Crippen LogP) is 2.75. The Bertz CT molecular complexity index is 835. The summed E-state index contributed by atoms with van der Waals surface area (Å²) < 4.78 is 41.3. The number of halogens is 1. The highest BCUT2D eigenvalue weighted by Gasteiger charge is 2.07. The fourth-order valence-corrected chi connectivity index (χ4v) is 2.96. The molecule has 0 atom stereocenters. The first-order valence-corrected chi connectivity index (χ1v) is 10.2. The highest BCUT2D eigenvalue weighted by atomic mass is 32.2. The maximum atomic E-state index is 13.0. The third kappa shape index (κ3) is 6.84. The number of nitrogens with one attached hydrogen (secondary N) is 1. The number of sulfone groups is 1.